The highest BCUT2D eigenvalue weighted by Crippen LogP contribution is 2.19. The zero-order chi connectivity index (χ0) is 9.12. The van der Waals surface area contributed by atoms with E-state index in [1.165, 1.54) is 0 Å². The molecule has 0 fully saturated rings. The molecule has 0 N–H and O–H groups in total. The van der Waals surface area contributed by atoms with Gasteiger partial charge in [-0.25, -0.2) is 0 Å². The van der Waals surface area contributed by atoms with Crippen molar-refractivity contribution in [3.8, 4) is 0 Å². The van der Waals surface area contributed by atoms with Gasteiger partial charge in [0, 0.05) is 7.59 Å². The summed E-state index contributed by atoms with van der Waals surface area (Å²) in [7, 11) is -2.23. The zero-order valence-corrected chi connectivity index (χ0v) is 10.1. The fraction of sp³-hybridized carbons (Fsp3) is 0.625. The van der Waals surface area contributed by atoms with Gasteiger partial charge in [0.1, 0.15) is 6.29 Å². The number of carbonyl (C=O) groups is 1. The molecule has 0 amide bonds. The van der Waals surface area contributed by atoms with Crippen molar-refractivity contribution in [3.05, 3.63) is 11.8 Å². The summed E-state index contributed by atoms with van der Waals surface area (Å²) in [5.41, 5.74) is 2.16. The van der Waals surface area contributed by atoms with E-state index in [0.29, 0.717) is 0 Å². The van der Waals surface area contributed by atoms with Crippen LogP contribution in [0.3, 0.4) is 0 Å². The monoisotopic (exact) mass is 186 g/mol. The molecule has 0 spiro atoms. The lowest BCUT2D eigenvalue weighted by atomic mass is 10.7. The third-order valence-electron chi connectivity index (χ3n) is 2.52. The lowest BCUT2D eigenvalue weighted by Gasteiger charge is -2.31. The van der Waals surface area contributed by atoms with Gasteiger partial charge in [-0.2, -0.15) is 0 Å². The van der Waals surface area contributed by atoms with Gasteiger partial charge >= 0.3 is 0 Å². The largest absolute Gasteiger partial charge is 0.299 e. The topological polar surface area (TPSA) is 17.1 Å². The molecule has 0 aliphatic carbocycles. The molecule has 0 aliphatic rings. The van der Waals surface area contributed by atoms with Crippen LogP contribution < -0.4 is 0 Å². The smallest absolute Gasteiger partial charge is 0.142 e. The van der Waals surface area contributed by atoms with Gasteiger partial charge in [0.2, 0.25) is 0 Å². The van der Waals surface area contributed by atoms with E-state index < -0.39 is 15.2 Å². The summed E-state index contributed by atoms with van der Waals surface area (Å²) in [6, 6.07) is 0. The normalized spacial score (nSPS) is 13.9. The molecule has 0 aromatic carbocycles. The molecule has 3 heteroatoms. The van der Waals surface area contributed by atoms with Crippen LogP contribution in [0.5, 0.6) is 0 Å². The van der Waals surface area contributed by atoms with Crippen molar-refractivity contribution in [2.45, 2.75) is 32.7 Å². The minimum absolute atomic E-state index is 0.884. The van der Waals surface area contributed by atoms with Gasteiger partial charge in [-0.3, -0.25) is 4.79 Å². The Morgan fingerprint density at radius 2 is 1.45 bits per heavy atom. The van der Waals surface area contributed by atoms with E-state index in [1.807, 2.05) is 0 Å². The molecular formula is C8H18OSi2. The van der Waals surface area contributed by atoms with Crippen molar-refractivity contribution in [2.75, 3.05) is 0 Å². The maximum Gasteiger partial charge on any atom is 0.142 e. The van der Waals surface area contributed by atoms with Crippen LogP contribution in [0.25, 0.3) is 0 Å². The Hall–Kier alpha value is -0.156. The number of rotatable bonds is 3. The van der Waals surface area contributed by atoms with Gasteiger partial charge in [-0.15, -0.1) is 0 Å². The lowest BCUT2D eigenvalue weighted by molar-refractivity contribution is -0.104. The van der Waals surface area contributed by atoms with Crippen LogP contribution in [0.1, 0.15) is 0 Å². The standard InChI is InChI=1S/C8H18OSi2/c1-10(2,3)11(4,5)8-6-7-9/h6-8H,1-5H3/b8-6+. The molecule has 0 aromatic heterocycles. The molecule has 0 aromatic rings. The van der Waals surface area contributed by atoms with Crippen LogP contribution in [-0.2, 0) is 4.79 Å². The summed E-state index contributed by atoms with van der Waals surface area (Å²) >= 11 is 0. The van der Waals surface area contributed by atoms with Crippen LogP contribution in [-0.4, -0.2) is 21.5 Å². The van der Waals surface area contributed by atoms with Crippen LogP contribution in [0.4, 0.5) is 0 Å². The van der Waals surface area contributed by atoms with E-state index in [-0.39, 0.29) is 0 Å². The fourth-order valence-electron chi connectivity index (χ4n) is 0.530. The van der Waals surface area contributed by atoms with E-state index in [0.717, 1.165) is 6.29 Å². The Morgan fingerprint density at radius 1 is 1.00 bits per heavy atom. The average molecular weight is 186 g/mol. The zero-order valence-electron chi connectivity index (χ0n) is 8.14. The molecule has 64 valence electrons. The van der Waals surface area contributed by atoms with Crippen molar-refractivity contribution in [1.29, 1.82) is 0 Å². The number of carbonyl (C=O) groups excluding carboxylic acids is 1. The third kappa shape index (κ3) is 3.16. The van der Waals surface area contributed by atoms with Crippen LogP contribution >= 0.6 is 0 Å². The predicted molar refractivity (Wildman–Crippen MR) is 56.0 cm³/mol. The summed E-state index contributed by atoms with van der Waals surface area (Å²) in [4.78, 5) is 10.1. The molecule has 0 aliphatic heterocycles. The van der Waals surface area contributed by atoms with E-state index in [4.69, 9.17) is 0 Å². The molecule has 0 saturated heterocycles. The highest BCUT2D eigenvalue weighted by Gasteiger charge is 2.33. The minimum atomic E-state index is -1.20. The Morgan fingerprint density at radius 3 is 1.73 bits per heavy atom. The maximum atomic E-state index is 10.1. The maximum absolute atomic E-state index is 10.1. The Kier molecular flexibility index (Phi) is 3.44. The van der Waals surface area contributed by atoms with Crippen molar-refractivity contribution in [1.82, 2.24) is 0 Å². The third-order valence-corrected chi connectivity index (χ3v) is 19.5. The van der Waals surface area contributed by atoms with Crippen molar-refractivity contribution in [2.24, 2.45) is 0 Å². The molecule has 0 saturated carbocycles. The molecule has 1 nitrogen and oxygen atoms in total. The molecule has 0 atom stereocenters. The minimum Gasteiger partial charge on any atom is -0.299 e. The van der Waals surface area contributed by atoms with Gasteiger partial charge < -0.3 is 0 Å². The number of hydrogen-bond acceptors (Lipinski definition) is 1. The number of aldehydes is 1. The van der Waals surface area contributed by atoms with E-state index in [1.54, 1.807) is 6.08 Å². The van der Waals surface area contributed by atoms with Gasteiger partial charge in [0.25, 0.3) is 0 Å². The second-order valence-electron chi connectivity index (χ2n) is 4.47. The molecular weight excluding hydrogens is 168 g/mol. The average Bonchev–Trinajstić information content (AvgIpc) is 1.81. The molecule has 0 rings (SSSR count). The van der Waals surface area contributed by atoms with Gasteiger partial charge in [-0.1, -0.05) is 38.4 Å². The van der Waals surface area contributed by atoms with Gasteiger partial charge in [0.05, 0.1) is 7.59 Å². The van der Waals surface area contributed by atoms with Crippen LogP contribution in [0.2, 0.25) is 32.7 Å². The summed E-state index contributed by atoms with van der Waals surface area (Å²) < 4.78 is 0. The Labute approximate surface area is 71.3 Å². The molecule has 0 heterocycles. The molecule has 11 heavy (non-hydrogen) atoms. The van der Waals surface area contributed by atoms with E-state index in [9.17, 15) is 4.79 Å². The number of hydrogen-bond donors (Lipinski definition) is 0. The first-order chi connectivity index (χ1) is 4.81. The Bertz CT molecular complexity index is 165. The first-order valence-corrected chi connectivity index (χ1v) is 11.5. The van der Waals surface area contributed by atoms with Gasteiger partial charge in [-0.05, 0) is 6.08 Å². The molecule has 0 bridgehead atoms. The lowest BCUT2D eigenvalue weighted by Crippen LogP contribution is -2.50. The second kappa shape index (κ2) is 3.49. The van der Waals surface area contributed by atoms with Crippen molar-refractivity contribution >= 4 is 21.5 Å². The highest BCUT2D eigenvalue weighted by molar-refractivity contribution is 7.42. The first-order valence-electron chi connectivity index (χ1n) is 3.94. The summed E-state index contributed by atoms with van der Waals surface area (Å²) in [5.74, 6) is 0. The summed E-state index contributed by atoms with van der Waals surface area (Å²) in [5, 5.41) is 0. The summed E-state index contributed by atoms with van der Waals surface area (Å²) in [6.45, 7) is 11.8. The SMILES string of the molecule is C[Si](C)(C)[Si](C)(C)/C=C/C=O. The first kappa shape index (κ1) is 10.8. The van der Waals surface area contributed by atoms with Crippen molar-refractivity contribution in [3.63, 3.8) is 0 Å². The number of allylic oxidation sites excluding steroid dienone is 1. The summed E-state index contributed by atoms with van der Waals surface area (Å²) in [6.07, 6.45) is 2.55. The van der Waals surface area contributed by atoms with Crippen LogP contribution in [0.15, 0.2) is 11.8 Å². The molecule has 0 radical (unpaired) electrons. The van der Waals surface area contributed by atoms with Crippen LogP contribution in [0, 0.1) is 0 Å². The quantitative estimate of drug-likeness (QED) is 0.376. The highest BCUT2D eigenvalue weighted by atomic mass is 29.3. The predicted octanol–water partition coefficient (Wildman–Crippen LogP) is 2.41. The fourth-order valence-corrected chi connectivity index (χ4v) is 3.38. The van der Waals surface area contributed by atoms with E-state index in [2.05, 4.69) is 38.4 Å². The van der Waals surface area contributed by atoms with Crippen molar-refractivity contribution < 1.29 is 4.79 Å². The second-order valence-corrected chi connectivity index (χ2v) is 21.1. The van der Waals surface area contributed by atoms with E-state index >= 15 is 0 Å². The Balaban J connectivity index is 4.46. The molecule has 0 unspecified atom stereocenters. The van der Waals surface area contributed by atoms with Gasteiger partial charge in [0.15, 0.2) is 0 Å².